The van der Waals surface area contributed by atoms with E-state index < -0.39 is 11.6 Å². The second kappa shape index (κ2) is 6.76. The van der Waals surface area contributed by atoms with E-state index in [2.05, 4.69) is 22.6 Å². The van der Waals surface area contributed by atoms with E-state index in [0.29, 0.717) is 6.42 Å². The third kappa shape index (κ3) is 3.10. The van der Waals surface area contributed by atoms with Crippen molar-refractivity contribution in [3.05, 3.63) is 41.2 Å². The predicted molar refractivity (Wildman–Crippen MR) is 77.4 cm³/mol. The van der Waals surface area contributed by atoms with Crippen LogP contribution in [0.25, 0.3) is 5.69 Å². The largest absolute Gasteiger partial charge is 0.309 e. The predicted octanol–water partition coefficient (Wildman–Crippen LogP) is 3.17. The fraction of sp³-hybridized carbons (Fsp3) is 0.467. The number of hydrogen-bond donors (Lipinski definition) is 1. The third-order valence-corrected chi connectivity index (χ3v) is 3.45. The van der Waals surface area contributed by atoms with Crippen LogP contribution in [-0.2, 0) is 6.42 Å². The number of nitrogens with one attached hydrogen (secondary N) is 1. The molecule has 1 heterocycles. The summed E-state index contributed by atoms with van der Waals surface area (Å²) in [5.74, 6) is -1.24. The minimum absolute atomic E-state index is 0.0854. The Labute approximate surface area is 123 Å². The molecular formula is C15H20F2N4. The van der Waals surface area contributed by atoms with Gasteiger partial charge in [0.1, 0.15) is 17.2 Å². The molecular weight excluding hydrogens is 274 g/mol. The molecule has 0 aliphatic heterocycles. The highest BCUT2D eigenvalue weighted by Gasteiger charge is 2.21. The maximum Gasteiger partial charge on any atom is 0.151 e. The number of aromatic nitrogens is 3. The van der Waals surface area contributed by atoms with E-state index >= 15 is 0 Å². The molecule has 0 saturated carbocycles. The van der Waals surface area contributed by atoms with E-state index in [1.54, 1.807) is 0 Å². The summed E-state index contributed by atoms with van der Waals surface area (Å²) in [7, 11) is 0. The van der Waals surface area contributed by atoms with Crippen molar-refractivity contribution in [2.75, 3.05) is 6.54 Å². The van der Waals surface area contributed by atoms with Gasteiger partial charge in [-0.25, -0.2) is 13.5 Å². The van der Waals surface area contributed by atoms with E-state index in [4.69, 9.17) is 0 Å². The highest BCUT2D eigenvalue weighted by atomic mass is 19.1. The standard InChI is InChI=1S/C15H20F2N4/c1-4-12(18-6-3)15-13(5-2)21(20-19-15)14-8-7-10(16)9-11(14)17/h7-9,12,18H,4-6H2,1-3H3. The van der Waals surface area contributed by atoms with Crippen LogP contribution >= 0.6 is 0 Å². The average Bonchev–Trinajstić information content (AvgIpc) is 2.88. The smallest absolute Gasteiger partial charge is 0.151 e. The molecule has 21 heavy (non-hydrogen) atoms. The van der Waals surface area contributed by atoms with Crippen LogP contribution in [0.3, 0.4) is 0 Å². The summed E-state index contributed by atoms with van der Waals surface area (Å²) >= 11 is 0. The van der Waals surface area contributed by atoms with Gasteiger partial charge >= 0.3 is 0 Å². The molecule has 0 amide bonds. The highest BCUT2D eigenvalue weighted by Crippen LogP contribution is 2.23. The van der Waals surface area contributed by atoms with E-state index in [1.165, 1.54) is 16.8 Å². The minimum Gasteiger partial charge on any atom is -0.309 e. The summed E-state index contributed by atoms with van der Waals surface area (Å²) < 4.78 is 28.4. The fourth-order valence-electron chi connectivity index (χ4n) is 2.44. The SMILES string of the molecule is CCNC(CC)c1nnn(-c2ccc(F)cc2F)c1CC. The normalized spacial score (nSPS) is 12.6. The van der Waals surface area contributed by atoms with Gasteiger partial charge in [-0.2, -0.15) is 0 Å². The van der Waals surface area contributed by atoms with Crippen molar-refractivity contribution in [1.29, 1.82) is 0 Å². The zero-order chi connectivity index (χ0) is 15.4. The molecule has 1 N–H and O–H groups in total. The molecule has 0 radical (unpaired) electrons. The first-order chi connectivity index (χ1) is 10.1. The molecule has 1 atom stereocenters. The second-order valence-corrected chi connectivity index (χ2v) is 4.80. The molecule has 2 aromatic rings. The van der Waals surface area contributed by atoms with Crippen molar-refractivity contribution < 1.29 is 8.78 Å². The lowest BCUT2D eigenvalue weighted by Crippen LogP contribution is -2.22. The summed E-state index contributed by atoms with van der Waals surface area (Å²) in [5.41, 5.74) is 1.89. The van der Waals surface area contributed by atoms with E-state index in [1.807, 2.05) is 13.8 Å². The Morgan fingerprint density at radius 1 is 1.24 bits per heavy atom. The lowest BCUT2D eigenvalue weighted by molar-refractivity contribution is 0.520. The summed E-state index contributed by atoms with van der Waals surface area (Å²) in [6, 6.07) is 3.55. The highest BCUT2D eigenvalue weighted by molar-refractivity contribution is 5.36. The van der Waals surface area contributed by atoms with Gasteiger partial charge in [-0.1, -0.05) is 26.0 Å². The molecule has 0 saturated heterocycles. The Bertz CT molecular complexity index is 610. The Balaban J connectivity index is 2.48. The monoisotopic (exact) mass is 294 g/mol. The maximum absolute atomic E-state index is 13.9. The first-order valence-corrected chi connectivity index (χ1v) is 7.25. The van der Waals surface area contributed by atoms with Crippen molar-refractivity contribution in [2.24, 2.45) is 0 Å². The molecule has 0 aliphatic carbocycles. The molecule has 0 fully saturated rings. The molecule has 0 spiro atoms. The molecule has 1 unspecified atom stereocenters. The molecule has 1 aromatic carbocycles. The number of halogens is 2. The van der Waals surface area contributed by atoms with Crippen LogP contribution in [0.1, 0.15) is 44.6 Å². The first-order valence-electron chi connectivity index (χ1n) is 7.25. The van der Waals surface area contributed by atoms with Crippen LogP contribution in [0, 0.1) is 11.6 Å². The van der Waals surface area contributed by atoms with Crippen LogP contribution in [0.4, 0.5) is 8.78 Å². The van der Waals surface area contributed by atoms with Crippen molar-refractivity contribution in [1.82, 2.24) is 20.3 Å². The third-order valence-electron chi connectivity index (χ3n) is 3.45. The van der Waals surface area contributed by atoms with Crippen LogP contribution in [-0.4, -0.2) is 21.5 Å². The van der Waals surface area contributed by atoms with Gasteiger partial charge < -0.3 is 5.32 Å². The summed E-state index contributed by atoms with van der Waals surface area (Å²) in [5, 5.41) is 11.6. The van der Waals surface area contributed by atoms with Gasteiger partial charge in [-0.15, -0.1) is 5.10 Å². The molecule has 1 aromatic heterocycles. The van der Waals surface area contributed by atoms with Gasteiger partial charge in [0, 0.05) is 6.07 Å². The second-order valence-electron chi connectivity index (χ2n) is 4.80. The van der Waals surface area contributed by atoms with Gasteiger partial charge in [0.15, 0.2) is 5.82 Å². The number of rotatable bonds is 6. The summed E-state index contributed by atoms with van der Waals surface area (Å²) in [4.78, 5) is 0. The molecule has 114 valence electrons. The van der Waals surface area contributed by atoms with Crippen LogP contribution in [0.15, 0.2) is 18.2 Å². The fourth-order valence-corrected chi connectivity index (χ4v) is 2.44. The minimum atomic E-state index is -0.641. The zero-order valence-electron chi connectivity index (χ0n) is 12.5. The van der Waals surface area contributed by atoms with Crippen LogP contribution in [0.2, 0.25) is 0 Å². The zero-order valence-corrected chi connectivity index (χ0v) is 12.5. The van der Waals surface area contributed by atoms with Gasteiger partial charge in [0.05, 0.1) is 11.7 Å². The Kier molecular flexibility index (Phi) is 5.01. The van der Waals surface area contributed by atoms with Crippen LogP contribution < -0.4 is 5.32 Å². The van der Waals surface area contributed by atoms with Crippen molar-refractivity contribution in [2.45, 2.75) is 39.7 Å². The quantitative estimate of drug-likeness (QED) is 0.890. The molecule has 2 rings (SSSR count). The Morgan fingerprint density at radius 3 is 2.57 bits per heavy atom. The maximum atomic E-state index is 13.9. The van der Waals surface area contributed by atoms with Crippen LogP contribution in [0.5, 0.6) is 0 Å². The van der Waals surface area contributed by atoms with Crippen molar-refractivity contribution >= 4 is 0 Å². The number of hydrogen-bond acceptors (Lipinski definition) is 3. The van der Waals surface area contributed by atoms with Gasteiger partial charge in [0.25, 0.3) is 0 Å². The molecule has 0 bridgehead atoms. The van der Waals surface area contributed by atoms with E-state index in [9.17, 15) is 8.78 Å². The van der Waals surface area contributed by atoms with Crippen molar-refractivity contribution in [3.63, 3.8) is 0 Å². The average molecular weight is 294 g/mol. The summed E-state index contributed by atoms with van der Waals surface area (Å²) in [6.45, 7) is 6.88. The van der Waals surface area contributed by atoms with Gasteiger partial charge in [-0.05, 0) is 31.5 Å². The summed E-state index contributed by atoms with van der Waals surface area (Å²) in [6.07, 6.45) is 1.53. The lowest BCUT2D eigenvalue weighted by Gasteiger charge is -2.15. The Morgan fingerprint density at radius 2 is 2.00 bits per heavy atom. The molecule has 4 nitrogen and oxygen atoms in total. The Hall–Kier alpha value is -1.82. The van der Waals surface area contributed by atoms with E-state index in [-0.39, 0.29) is 11.7 Å². The first kappa shape index (κ1) is 15.6. The lowest BCUT2D eigenvalue weighted by atomic mass is 10.1. The van der Waals surface area contributed by atoms with Gasteiger partial charge in [0.2, 0.25) is 0 Å². The van der Waals surface area contributed by atoms with E-state index in [0.717, 1.165) is 30.4 Å². The molecule has 0 aliphatic rings. The topological polar surface area (TPSA) is 42.7 Å². The van der Waals surface area contributed by atoms with Crippen molar-refractivity contribution in [3.8, 4) is 5.69 Å². The number of nitrogens with zero attached hydrogens (tertiary/aromatic N) is 3. The number of benzene rings is 1. The van der Waals surface area contributed by atoms with Gasteiger partial charge in [-0.3, -0.25) is 0 Å². The molecule has 6 heteroatoms.